The normalized spacial score (nSPS) is 10.8. The van der Waals surface area contributed by atoms with Gasteiger partial charge in [-0.3, -0.25) is 4.79 Å². The van der Waals surface area contributed by atoms with Crippen LogP contribution in [0, 0.1) is 0 Å². The lowest BCUT2D eigenvalue weighted by atomic mass is 10.1. The van der Waals surface area contributed by atoms with Crippen LogP contribution in [0.25, 0.3) is 22.5 Å². The summed E-state index contributed by atoms with van der Waals surface area (Å²) in [6.45, 7) is 0. The van der Waals surface area contributed by atoms with Gasteiger partial charge in [-0.25, -0.2) is 4.98 Å². The van der Waals surface area contributed by atoms with Crippen LogP contribution in [-0.2, 0) is 0 Å². The number of thioether (sulfide) groups is 1. The lowest BCUT2D eigenvalue weighted by molar-refractivity contribution is 0.102. The fraction of sp³-hybridized carbons (Fsp3) is 0.100. The van der Waals surface area contributed by atoms with E-state index in [9.17, 15) is 4.79 Å². The van der Waals surface area contributed by atoms with Crippen molar-refractivity contribution >= 4 is 17.5 Å². The van der Waals surface area contributed by atoms with Gasteiger partial charge in [0.2, 0.25) is 5.16 Å². The van der Waals surface area contributed by atoms with E-state index >= 15 is 0 Å². The Bertz CT molecular complexity index is 1060. The molecule has 3 heterocycles. The zero-order chi connectivity index (χ0) is 19.3. The number of ketones is 1. The molecule has 0 amide bonds. The van der Waals surface area contributed by atoms with Crippen LogP contribution in [0.3, 0.4) is 0 Å². The van der Waals surface area contributed by atoms with Crippen molar-refractivity contribution in [1.29, 1.82) is 0 Å². The van der Waals surface area contributed by atoms with Gasteiger partial charge in [0, 0.05) is 16.7 Å². The number of carbonyl (C=O) groups excluding carboxylic acids is 1. The fourth-order valence-corrected chi connectivity index (χ4v) is 3.24. The van der Waals surface area contributed by atoms with Crippen molar-refractivity contribution in [2.45, 2.75) is 5.16 Å². The van der Waals surface area contributed by atoms with Crippen LogP contribution in [0.15, 0.2) is 75.4 Å². The van der Waals surface area contributed by atoms with Crippen molar-refractivity contribution in [2.24, 2.45) is 0 Å². The Kier molecular flexibility index (Phi) is 5.20. The number of carbonyl (C=O) groups is 1. The minimum Gasteiger partial charge on any atom is -0.497 e. The number of rotatable bonds is 7. The Morgan fingerprint density at radius 1 is 0.964 bits per heavy atom. The minimum absolute atomic E-state index is 0.0278. The predicted octanol–water partition coefficient (Wildman–Crippen LogP) is 4.38. The Morgan fingerprint density at radius 2 is 1.64 bits per heavy atom. The highest BCUT2D eigenvalue weighted by Gasteiger charge is 2.16. The van der Waals surface area contributed by atoms with Crippen LogP contribution in [0.2, 0.25) is 0 Å². The van der Waals surface area contributed by atoms with Crippen LogP contribution in [0.5, 0.6) is 5.75 Å². The van der Waals surface area contributed by atoms with Gasteiger partial charge in [-0.1, -0.05) is 11.8 Å². The van der Waals surface area contributed by atoms with E-state index in [0.29, 0.717) is 27.9 Å². The molecule has 28 heavy (non-hydrogen) atoms. The van der Waals surface area contributed by atoms with Gasteiger partial charge in [-0.2, -0.15) is 0 Å². The molecular weight excluding hydrogens is 378 g/mol. The van der Waals surface area contributed by atoms with E-state index < -0.39 is 0 Å². The summed E-state index contributed by atoms with van der Waals surface area (Å²) in [4.78, 5) is 17.0. The summed E-state index contributed by atoms with van der Waals surface area (Å²) < 4.78 is 15.4. The van der Waals surface area contributed by atoms with E-state index in [-0.39, 0.29) is 11.5 Å². The first-order valence-corrected chi connectivity index (χ1v) is 9.33. The first kappa shape index (κ1) is 18.0. The summed E-state index contributed by atoms with van der Waals surface area (Å²) in [5.74, 6) is 0.875. The van der Waals surface area contributed by atoms with E-state index in [4.69, 9.17) is 13.6 Å². The molecule has 0 aliphatic carbocycles. The van der Waals surface area contributed by atoms with E-state index in [1.165, 1.54) is 11.8 Å². The summed E-state index contributed by atoms with van der Waals surface area (Å²) in [6.07, 6.45) is 6.29. The van der Waals surface area contributed by atoms with E-state index in [2.05, 4.69) is 15.2 Å². The molecule has 0 aliphatic rings. The average Bonchev–Trinajstić information content (AvgIpc) is 3.46. The maximum atomic E-state index is 12.4. The van der Waals surface area contributed by atoms with Crippen LogP contribution in [0.1, 0.15) is 10.4 Å². The number of benzene rings is 1. The molecule has 4 rings (SSSR count). The average molecular weight is 393 g/mol. The molecule has 0 fully saturated rings. The summed E-state index contributed by atoms with van der Waals surface area (Å²) in [5.41, 5.74) is 3.34. The van der Waals surface area contributed by atoms with E-state index in [1.807, 2.05) is 0 Å². The molecule has 0 atom stereocenters. The van der Waals surface area contributed by atoms with Gasteiger partial charge in [-0.05, 0) is 36.4 Å². The van der Waals surface area contributed by atoms with Gasteiger partial charge < -0.3 is 13.6 Å². The Morgan fingerprint density at radius 3 is 2.25 bits per heavy atom. The number of ether oxygens (including phenoxy) is 1. The summed E-state index contributed by atoms with van der Waals surface area (Å²) >= 11 is 1.23. The van der Waals surface area contributed by atoms with Gasteiger partial charge in [0.1, 0.15) is 17.1 Å². The molecule has 140 valence electrons. The zero-order valence-corrected chi connectivity index (χ0v) is 15.7. The zero-order valence-electron chi connectivity index (χ0n) is 14.9. The number of aromatic nitrogens is 3. The molecule has 0 unspecified atom stereocenters. The Hall–Kier alpha value is -3.39. The van der Waals surface area contributed by atoms with Gasteiger partial charge in [0.05, 0.1) is 37.9 Å². The highest BCUT2D eigenvalue weighted by molar-refractivity contribution is 7.99. The summed E-state index contributed by atoms with van der Waals surface area (Å²) in [6, 6.07) is 10.6. The SMILES string of the molecule is COc1ccc(C(=O)CSc2nnc(-c3ccoc3)c(-c3ccoc3)n2)cc1. The second-order valence-corrected chi connectivity index (χ2v) is 6.70. The van der Waals surface area contributed by atoms with Gasteiger partial charge in [0.15, 0.2) is 5.78 Å². The van der Waals surface area contributed by atoms with E-state index in [0.717, 1.165) is 11.1 Å². The molecule has 3 aromatic heterocycles. The Balaban J connectivity index is 1.55. The highest BCUT2D eigenvalue weighted by Crippen LogP contribution is 2.30. The lowest BCUT2D eigenvalue weighted by Crippen LogP contribution is -2.04. The van der Waals surface area contributed by atoms with Crippen molar-refractivity contribution in [3.05, 3.63) is 67.0 Å². The third kappa shape index (κ3) is 3.81. The van der Waals surface area contributed by atoms with Crippen molar-refractivity contribution in [1.82, 2.24) is 15.2 Å². The van der Waals surface area contributed by atoms with Gasteiger partial charge in [0.25, 0.3) is 0 Å². The van der Waals surface area contributed by atoms with Crippen LogP contribution < -0.4 is 4.74 Å². The van der Waals surface area contributed by atoms with Crippen molar-refractivity contribution < 1.29 is 18.4 Å². The molecule has 8 heteroatoms. The maximum absolute atomic E-state index is 12.4. The number of hydrogen-bond acceptors (Lipinski definition) is 8. The van der Waals surface area contributed by atoms with Crippen LogP contribution in [0.4, 0.5) is 0 Å². The topological polar surface area (TPSA) is 91.2 Å². The molecule has 0 saturated heterocycles. The number of Topliss-reactive ketones (excluding diaryl/α,β-unsaturated/α-hetero) is 1. The predicted molar refractivity (Wildman–Crippen MR) is 103 cm³/mol. The standard InChI is InChI=1S/C20H15N3O4S/c1-25-16-4-2-13(3-5-16)17(24)12-28-20-21-18(14-6-8-26-10-14)19(22-23-20)15-7-9-27-11-15/h2-11H,12H2,1H3. The van der Waals surface area contributed by atoms with Crippen LogP contribution in [-0.4, -0.2) is 33.8 Å². The van der Waals surface area contributed by atoms with Gasteiger partial charge in [-0.15, -0.1) is 10.2 Å². The van der Waals surface area contributed by atoms with Crippen LogP contribution >= 0.6 is 11.8 Å². The lowest BCUT2D eigenvalue weighted by Gasteiger charge is -2.06. The molecule has 4 aromatic rings. The largest absolute Gasteiger partial charge is 0.497 e. The van der Waals surface area contributed by atoms with Crippen molar-refractivity contribution in [3.63, 3.8) is 0 Å². The molecule has 0 aliphatic heterocycles. The minimum atomic E-state index is -0.0278. The molecule has 0 saturated carbocycles. The number of hydrogen-bond donors (Lipinski definition) is 0. The molecule has 1 aromatic carbocycles. The monoisotopic (exact) mass is 393 g/mol. The maximum Gasteiger partial charge on any atom is 0.210 e. The van der Waals surface area contributed by atoms with E-state index in [1.54, 1.807) is 68.6 Å². The number of nitrogens with zero attached hydrogens (tertiary/aromatic N) is 3. The first-order valence-electron chi connectivity index (χ1n) is 8.34. The quantitative estimate of drug-likeness (QED) is 0.337. The Labute approximate surface area is 164 Å². The van der Waals surface area contributed by atoms with Crippen molar-refractivity contribution in [3.8, 4) is 28.3 Å². The fourth-order valence-electron chi connectivity index (χ4n) is 2.56. The molecule has 0 N–H and O–H groups in total. The molecule has 7 nitrogen and oxygen atoms in total. The summed E-state index contributed by atoms with van der Waals surface area (Å²) in [5, 5.41) is 8.85. The molecule has 0 bridgehead atoms. The number of furan rings is 2. The molecule has 0 spiro atoms. The third-order valence-corrected chi connectivity index (χ3v) is 4.84. The first-order chi connectivity index (χ1) is 13.7. The molecule has 0 radical (unpaired) electrons. The van der Waals surface area contributed by atoms with Gasteiger partial charge >= 0.3 is 0 Å². The smallest absolute Gasteiger partial charge is 0.210 e. The van der Waals surface area contributed by atoms with Crippen molar-refractivity contribution in [2.75, 3.05) is 12.9 Å². The number of methoxy groups -OCH3 is 1. The third-order valence-electron chi connectivity index (χ3n) is 4.00. The second-order valence-electron chi connectivity index (χ2n) is 5.76. The summed E-state index contributed by atoms with van der Waals surface area (Å²) in [7, 11) is 1.59. The highest BCUT2D eigenvalue weighted by atomic mass is 32.2. The molecular formula is C20H15N3O4S. The second kappa shape index (κ2) is 8.10.